The van der Waals surface area contributed by atoms with Crippen molar-refractivity contribution in [2.24, 2.45) is 5.92 Å². The third-order valence-corrected chi connectivity index (χ3v) is 8.38. The molecule has 4 nitrogen and oxygen atoms in total. The Labute approximate surface area is 242 Å². The summed E-state index contributed by atoms with van der Waals surface area (Å²) in [4.78, 5) is 4.18. The minimum atomic E-state index is 0.225. The Morgan fingerprint density at radius 3 is 2.33 bits per heavy atom. The molecule has 1 aliphatic rings. The molecule has 0 radical (unpaired) electrons. The first-order valence-corrected chi connectivity index (χ1v) is 15.5. The Morgan fingerprint density at radius 2 is 1.74 bits per heavy atom. The number of hydrogen-bond acceptors (Lipinski definition) is 5. The molecule has 2 heterocycles. The van der Waals surface area contributed by atoms with Gasteiger partial charge >= 0.3 is 0 Å². The maximum atomic E-state index is 13.4. The predicted molar refractivity (Wildman–Crippen MR) is 169 cm³/mol. The van der Waals surface area contributed by atoms with Crippen LogP contribution in [0, 0.1) is 19.8 Å². The molecule has 7 heteroatoms. The van der Waals surface area contributed by atoms with E-state index in [2.05, 4.69) is 78.1 Å². The van der Waals surface area contributed by atoms with Crippen LogP contribution in [0.3, 0.4) is 0 Å². The SMILES string of the molecule is C=C(/C=C(/NCC1CCN(C(=C)c2ccc(SC)cc2)CC1)n1ncc(SF)c1C)c1ccccc1C.CC. The second-order valence-electron chi connectivity index (χ2n) is 9.44. The molecular weight excluding hydrogens is 524 g/mol. The summed E-state index contributed by atoms with van der Waals surface area (Å²) in [7, 11) is 0. The number of aromatic nitrogens is 2. The molecule has 0 aliphatic carbocycles. The lowest BCUT2D eigenvalue weighted by Gasteiger charge is -2.35. The molecule has 3 aromatic rings. The van der Waals surface area contributed by atoms with Gasteiger partial charge in [-0.1, -0.05) is 63.4 Å². The van der Waals surface area contributed by atoms with E-state index in [0.717, 1.165) is 66.4 Å². The van der Waals surface area contributed by atoms with Gasteiger partial charge in [-0.2, -0.15) is 8.98 Å². The van der Waals surface area contributed by atoms with Gasteiger partial charge in [-0.3, -0.25) is 0 Å². The topological polar surface area (TPSA) is 33.1 Å². The average Bonchev–Trinajstić information content (AvgIpc) is 3.36. The van der Waals surface area contributed by atoms with Crippen molar-refractivity contribution >= 4 is 41.0 Å². The van der Waals surface area contributed by atoms with Gasteiger partial charge in [0, 0.05) is 30.2 Å². The summed E-state index contributed by atoms with van der Waals surface area (Å²) in [5.41, 5.74) is 6.19. The number of aryl methyl sites for hydroxylation is 1. The second kappa shape index (κ2) is 15.0. The van der Waals surface area contributed by atoms with Crippen LogP contribution in [0.2, 0.25) is 0 Å². The number of rotatable bonds is 10. The summed E-state index contributed by atoms with van der Waals surface area (Å²) in [6, 6.07) is 16.8. The van der Waals surface area contributed by atoms with Gasteiger partial charge in [-0.25, -0.2) is 4.68 Å². The van der Waals surface area contributed by atoms with Crippen LogP contribution in [0.5, 0.6) is 0 Å². The number of piperidine rings is 1. The largest absolute Gasteiger partial charge is 0.372 e. The van der Waals surface area contributed by atoms with Gasteiger partial charge < -0.3 is 10.2 Å². The van der Waals surface area contributed by atoms with Crippen molar-refractivity contribution in [2.75, 3.05) is 25.9 Å². The molecule has 0 atom stereocenters. The summed E-state index contributed by atoms with van der Waals surface area (Å²) < 4.78 is 15.2. The molecule has 39 heavy (non-hydrogen) atoms. The van der Waals surface area contributed by atoms with Crippen molar-refractivity contribution in [1.82, 2.24) is 20.0 Å². The number of hydrogen-bond donors (Lipinski definition) is 1. The second-order valence-corrected chi connectivity index (χ2v) is 10.9. The first-order chi connectivity index (χ1) is 18.9. The predicted octanol–water partition coefficient (Wildman–Crippen LogP) is 8.71. The summed E-state index contributed by atoms with van der Waals surface area (Å²) in [6.07, 6.45) is 7.83. The minimum absolute atomic E-state index is 0.225. The van der Waals surface area contributed by atoms with Gasteiger partial charge in [0.25, 0.3) is 0 Å². The zero-order valence-corrected chi connectivity index (χ0v) is 25.5. The standard InChI is InChI=1S/C30H35FN4S2.C2H6/c1-21-8-6-7-9-28(21)22(2)18-30(35-24(4)29(37-31)20-33-35)32-19-25-14-16-34(17-15-25)23(3)26-10-12-27(36-5)13-11-26;1-2/h6-13,18,20,25,32H,2-3,14-17,19H2,1,4-5H3;1-2H3/b30-18-;. The van der Waals surface area contributed by atoms with Crippen LogP contribution in [0.4, 0.5) is 3.89 Å². The normalized spacial score (nSPS) is 14.0. The Bertz CT molecular complexity index is 1270. The highest BCUT2D eigenvalue weighted by molar-refractivity contribution is 7.98. The van der Waals surface area contributed by atoms with Gasteiger partial charge in [-0.15, -0.1) is 11.8 Å². The van der Waals surface area contributed by atoms with E-state index >= 15 is 0 Å². The van der Waals surface area contributed by atoms with E-state index in [9.17, 15) is 3.89 Å². The molecule has 1 aliphatic heterocycles. The number of benzene rings is 2. The first kappa shape index (κ1) is 30.6. The summed E-state index contributed by atoms with van der Waals surface area (Å²) in [6.45, 7) is 19.4. The third kappa shape index (κ3) is 7.83. The smallest absolute Gasteiger partial charge is 0.128 e. The molecule has 208 valence electrons. The minimum Gasteiger partial charge on any atom is -0.372 e. The lowest BCUT2D eigenvalue weighted by atomic mass is 9.95. The Morgan fingerprint density at radius 1 is 1.08 bits per heavy atom. The third-order valence-electron chi connectivity index (χ3n) is 7.07. The lowest BCUT2D eigenvalue weighted by molar-refractivity contribution is 0.254. The fourth-order valence-electron chi connectivity index (χ4n) is 4.70. The van der Waals surface area contributed by atoms with Crippen LogP contribution < -0.4 is 5.32 Å². The van der Waals surface area contributed by atoms with Gasteiger partial charge in [0.2, 0.25) is 0 Å². The van der Waals surface area contributed by atoms with E-state index in [1.165, 1.54) is 10.5 Å². The highest BCUT2D eigenvalue weighted by Crippen LogP contribution is 2.28. The van der Waals surface area contributed by atoms with Crippen LogP contribution in [-0.4, -0.2) is 40.6 Å². The summed E-state index contributed by atoms with van der Waals surface area (Å²) >= 11 is 1.98. The molecule has 1 N–H and O–H groups in total. The molecule has 4 rings (SSSR count). The molecular formula is C32H41FN4S2. The number of nitrogens with one attached hydrogen (secondary N) is 1. The molecule has 0 unspecified atom stereocenters. The zero-order chi connectivity index (χ0) is 28.4. The Hall–Kier alpha value is -2.90. The zero-order valence-electron chi connectivity index (χ0n) is 23.8. The fraction of sp³-hybridized carbons (Fsp3) is 0.344. The molecule has 1 aromatic heterocycles. The number of thioether (sulfide) groups is 1. The van der Waals surface area contributed by atoms with Crippen molar-refractivity contribution in [3.05, 3.63) is 96.3 Å². The van der Waals surface area contributed by atoms with Crippen LogP contribution in [0.1, 0.15) is 49.1 Å². The maximum Gasteiger partial charge on any atom is 0.128 e. The maximum absolute atomic E-state index is 13.4. The summed E-state index contributed by atoms with van der Waals surface area (Å²) in [5.74, 6) is 1.33. The Kier molecular flexibility index (Phi) is 11.8. The highest BCUT2D eigenvalue weighted by atomic mass is 32.2. The van der Waals surface area contributed by atoms with Crippen molar-refractivity contribution < 1.29 is 3.89 Å². The van der Waals surface area contributed by atoms with Gasteiger partial charge in [0.15, 0.2) is 0 Å². The molecule has 0 amide bonds. The van der Waals surface area contributed by atoms with Crippen molar-refractivity contribution in [2.45, 2.75) is 50.3 Å². The number of likely N-dealkylation sites (tertiary alicyclic amines) is 1. The van der Waals surface area contributed by atoms with E-state index in [1.807, 2.05) is 39.0 Å². The van der Waals surface area contributed by atoms with Crippen molar-refractivity contribution in [1.29, 1.82) is 0 Å². The van der Waals surface area contributed by atoms with E-state index < -0.39 is 0 Å². The van der Waals surface area contributed by atoms with Crippen LogP contribution in [-0.2, 0) is 0 Å². The quantitative estimate of drug-likeness (QED) is 0.197. The van der Waals surface area contributed by atoms with Gasteiger partial charge in [0.1, 0.15) is 5.82 Å². The Balaban J connectivity index is 0.00000205. The summed E-state index contributed by atoms with van der Waals surface area (Å²) in [5, 5.41) is 8.08. The van der Waals surface area contributed by atoms with Crippen molar-refractivity contribution in [3.63, 3.8) is 0 Å². The van der Waals surface area contributed by atoms with E-state index in [4.69, 9.17) is 0 Å². The average molecular weight is 565 g/mol. The monoisotopic (exact) mass is 564 g/mol. The van der Waals surface area contributed by atoms with E-state index in [-0.39, 0.29) is 12.1 Å². The van der Waals surface area contributed by atoms with Crippen LogP contribution >= 0.6 is 23.9 Å². The van der Waals surface area contributed by atoms with Crippen LogP contribution in [0.15, 0.2) is 83.8 Å². The highest BCUT2D eigenvalue weighted by Gasteiger charge is 2.22. The van der Waals surface area contributed by atoms with Crippen molar-refractivity contribution in [3.8, 4) is 0 Å². The lowest BCUT2D eigenvalue weighted by Crippen LogP contribution is -2.36. The number of allylic oxidation sites excluding steroid dienone is 2. The van der Waals surface area contributed by atoms with Crippen LogP contribution in [0.25, 0.3) is 17.1 Å². The van der Waals surface area contributed by atoms with E-state index in [0.29, 0.717) is 10.8 Å². The van der Waals surface area contributed by atoms with Gasteiger partial charge in [-0.05, 0) is 79.3 Å². The molecule has 1 fully saturated rings. The number of nitrogens with zero attached hydrogens (tertiary/aromatic N) is 3. The first-order valence-electron chi connectivity index (χ1n) is 13.5. The molecule has 0 saturated carbocycles. The molecule has 0 bridgehead atoms. The fourth-order valence-corrected chi connectivity index (χ4v) is 5.39. The molecule has 1 saturated heterocycles. The van der Waals surface area contributed by atoms with Gasteiger partial charge in [0.05, 0.1) is 28.9 Å². The number of halogens is 1. The molecule has 0 spiro atoms. The molecule has 2 aromatic carbocycles. The van der Waals surface area contributed by atoms with E-state index in [1.54, 1.807) is 22.6 Å².